The van der Waals surface area contributed by atoms with Gasteiger partial charge >= 0.3 is 5.97 Å². The van der Waals surface area contributed by atoms with Gasteiger partial charge < -0.3 is 10.8 Å². The van der Waals surface area contributed by atoms with E-state index in [1.54, 1.807) is 0 Å². The van der Waals surface area contributed by atoms with Crippen molar-refractivity contribution in [3.05, 3.63) is 0 Å². The first kappa shape index (κ1) is 11.4. The minimum atomic E-state index is -3.12. The molecule has 0 aromatic rings. The zero-order valence-corrected chi connectivity index (χ0v) is 7.51. The van der Waals surface area contributed by atoms with Crippen LogP contribution in [-0.2, 0) is 14.6 Å². The van der Waals surface area contributed by atoms with Crippen LogP contribution < -0.4 is 5.73 Å². The Morgan fingerprint density at radius 2 is 1.92 bits per heavy atom. The zero-order chi connectivity index (χ0) is 9.61. The van der Waals surface area contributed by atoms with E-state index in [0.717, 1.165) is 0 Å². The lowest BCUT2D eigenvalue weighted by Gasteiger charge is -1.99. The highest BCUT2D eigenvalue weighted by atomic mass is 32.2. The minimum absolute atomic E-state index is 0.0629. The summed E-state index contributed by atoms with van der Waals surface area (Å²) in [7, 11) is -3.12. The second kappa shape index (κ2) is 5.10. The molecule has 3 N–H and O–H groups in total. The first-order chi connectivity index (χ1) is 5.48. The molecule has 0 atom stereocenters. The molecule has 0 aromatic carbocycles. The Kier molecular flexibility index (Phi) is 4.84. The van der Waals surface area contributed by atoms with E-state index < -0.39 is 15.8 Å². The Balaban J connectivity index is 3.69. The van der Waals surface area contributed by atoms with E-state index >= 15 is 0 Å². The molecule has 0 aliphatic rings. The highest BCUT2D eigenvalue weighted by Gasteiger charge is 2.09. The van der Waals surface area contributed by atoms with Crippen LogP contribution in [0.5, 0.6) is 0 Å². The van der Waals surface area contributed by atoms with Crippen molar-refractivity contribution in [1.82, 2.24) is 0 Å². The second-order valence-corrected chi connectivity index (χ2v) is 4.74. The van der Waals surface area contributed by atoms with Gasteiger partial charge in [0, 0.05) is 13.0 Å². The van der Waals surface area contributed by atoms with Gasteiger partial charge in [0.15, 0.2) is 9.84 Å². The topological polar surface area (TPSA) is 97.5 Å². The molecule has 0 saturated carbocycles. The average Bonchev–Trinajstić information content (AvgIpc) is 1.85. The van der Waals surface area contributed by atoms with Crippen LogP contribution in [0.15, 0.2) is 0 Å². The van der Waals surface area contributed by atoms with Crippen LogP contribution in [0, 0.1) is 0 Å². The predicted octanol–water partition coefficient (Wildman–Crippen LogP) is -0.775. The summed E-state index contributed by atoms with van der Waals surface area (Å²) in [5.41, 5.74) is 5.05. The molecule has 0 bridgehead atoms. The number of carbonyl (C=O) groups is 1. The molecule has 6 heteroatoms. The molecule has 0 radical (unpaired) electrons. The summed E-state index contributed by atoms with van der Waals surface area (Å²) in [5.74, 6) is -1.12. The number of aliphatic carboxylic acids is 1. The van der Waals surface area contributed by atoms with E-state index in [1.165, 1.54) is 0 Å². The van der Waals surface area contributed by atoms with Gasteiger partial charge in [-0.15, -0.1) is 0 Å². The maximum Gasteiger partial charge on any atom is 0.303 e. The number of rotatable bonds is 6. The van der Waals surface area contributed by atoms with Crippen LogP contribution in [0.4, 0.5) is 0 Å². The number of carboxylic acids is 1. The van der Waals surface area contributed by atoms with Crippen LogP contribution in [0.1, 0.15) is 12.8 Å². The summed E-state index contributed by atoms with van der Waals surface area (Å²) >= 11 is 0. The summed E-state index contributed by atoms with van der Waals surface area (Å²) in [6.07, 6.45) is 0.0570. The summed E-state index contributed by atoms with van der Waals surface area (Å²) in [6.45, 7) is 0.0927. The van der Waals surface area contributed by atoms with Gasteiger partial charge in [0.25, 0.3) is 0 Å². The molecule has 0 aliphatic carbocycles. The van der Waals surface area contributed by atoms with Crippen molar-refractivity contribution in [3.8, 4) is 0 Å². The Hall–Kier alpha value is -0.620. The summed E-state index contributed by atoms with van der Waals surface area (Å²) < 4.78 is 21.9. The minimum Gasteiger partial charge on any atom is -0.481 e. The molecule has 72 valence electrons. The van der Waals surface area contributed by atoms with Crippen LogP contribution >= 0.6 is 0 Å². The molecule has 0 heterocycles. The highest BCUT2D eigenvalue weighted by Crippen LogP contribution is 1.96. The molecule has 0 aliphatic heterocycles. The Morgan fingerprint density at radius 3 is 2.33 bits per heavy atom. The van der Waals surface area contributed by atoms with Gasteiger partial charge in [-0.2, -0.15) is 0 Å². The lowest BCUT2D eigenvalue weighted by atomic mass is 10.3. The number of hydrogen-bond donors (Lipinski definition) is 2. The van der Waals surface area contributed by atoms with Crippen LogP contribution in [-0.4, -0.2) is 37.5 Å². The molecular formula is C6H13NO4S. The van der Waals surface area contributed by atoms with Crippen molar-refractivity contribution < 1.29 is 18.3 Å². The highest BCUT2D eigenvalue weighted by molar-refractivity contribution is 7.91. The molecule has 5 nitrogen and oxygen atoms in total. The monoisotopic (exact) mass is 195 g/mol. The first-order valence-electron chi connectivity index (χ1n) is 3.60. The largest absolute Gasteiger partial charge is 0.481 e. The number of carboxylic acid groups (broad SMARTS) is 1. The third-order valence-electron chi connectivity index (χ3n) is 1.27. The van der Waals surface area contributed by atoms with E-state index in [1.807, 2.05) is 0 Å². The number of nitrogens with two attached hydrogens (primary N) is 1. The molecule has 0 fully saturated rings. The third-order valence-corrected chi connectivity index (χ3v) is 3.04. The van der Waals surface area contributed by atoms with Gasteiger partial charge in [0.05, 0.1) is 11.5 Å². The van der Waals surface area contributed by atoms with Crippen molar-refractivity contribution in [3.63, 3.8) is 0 Å². The standard InChI is InChI=1S/C6H13NO4S/c7-3-5-12(10,11)4-1-2-6(8)9/h1-5,7H2,(H,8,9). The first-order valence-corrected chi connectivity index (χ1v) is 5.42. The molecule has 0 unspecified atom stereocenters. The van der Waals surface area contributed by atoms with E-state index in [2.05, 4.69) is 0 Å². The van der Waals surface area contributed by atoms with Gasteiger partial charge in [-0.05, 0) is 6.42 Å². The van der Waals surface area contributed by atoms with Crippen molar-refractivity contribution >= 4 is 15.8 Å². The second-order valence-electron chi connectivity index (χ2n) is 2.44. The molecular weight excluding hydrogens is 182 g/mol. The molecule has 0 aromatic heterocycles. The normalized spacial score (nSPS) is 11.4. The molecule has 0 amide bonds. The maximum atomic E-state index is 10.9. The SMILES string of the molecule is NCCS(=O)(=O)CCCC(=O)O. The predicted molar refractivity (Wildman–Crippen MR) is 44.6 cm³/mol. The fourth-order valence-electron chi connectivity index (χ4n) is 0.725. The van der Waals surface area contributed by atoms with E-state index in [-0.39, 0.29) is 30.9 Å². The Morgan fingerprint density at radius 1 is 1.33 bits per heavy atom. The van der Waals surface area contributed by atoms with Crippen LogP contribution in [0.25, 0.3) is 0 Å². The van der Waals surface area contributed by atoms with Crippen molar-refractivity contribution in [1.29, 1.82) is 0 Å². The molecule has 0 rings (SSSR count). The summed E-state index contributed by atoms with van der Waals surface area (Å²) in [5, 5.41) is 8.22. The Bertz CT molecular complexity index is 234. The van der Waals surface area contributed by atoms with E-state index in [9.17, 15) is 13.2 Å². The lowest BCUT2D eigenvalue weighted by Crippen LogP contribution is -2.18. The fourth-order valence-corrected chi connectivity index (χ4v) is 1.87. The Labute approximate surface area is 71.5 Å². The van der Waals surface area contributed by atoms with Crippen LogP contribution in [0.2, 0.25) is 0 Å². The van der Waals surface area contributed by atoms with Gasteiger partial charge in [-0.25, -0.2) is 8.42 Å². The van der Waals surface area contributed by atoms with E-state index in [0.29, 0.717) is 0 Å². The van der Waals surface area contributed by atoms with Gasteiger partial charge in [0.2, 0.25) is 0 Å². The lowest BCUT2D eigenvalue weighted by molar-refractivity contribution is -0.137. The quantitative estimate of drug-likeness (QED) is 0.579. The van der Waals surface area contributed by atoms with Crippen LogP contribution in [0.3, 0.4) is 0 Å². The average molecular weight is 195 g/mol. The summed E-state index contributed by atoms with van der Waals surface area (Å²) in [4.78, 5) is 10.0. The molecule has 0 saturated heterocycles. The van der Waals surface area contributed by atoms with Gasteiger partial charge in [-0.3, -0.25) is 4.79 Å². The number of sulfone groups is 1. The third kappa shape index (κ3) is 6.11. The zero-order valence-electron chi connectivity index (χ0n) is 6.69. The van der Waals surface area contributed by atoms with Gasteiger partial charge in [-0.1, -0.05) is 0 Å². The summed E-state index contributed by atoms with van der Waals surface area (Å²) in [6, 6.07) is 0. The smallest absolute Gasteiger partial charge is 0.303 e. The number of hydrogen-bond acceptors (Lipinski definition) is 4. The van der Waals surface area contributed by atoms with E-state index in [4.69, 9.17) is 10.8 Å². The van der Waals surface area contributed by atoms with Crippen molar-refractivity contribution in [2.24, 2.45) is 5.73 Å². The van der Waals surface area contributed by atoms with Crippen molar-refractivity contribution in [2.75, 3.05) is 18.1 Å². The fraction of sp³-hybridized carbons (Fsp3) is 0.833. The van der Waals surface area contributed by atoms with Crippen molar-refractivity contribution in [2.45, 2.75) is 12.8 Å². The molecule has 12 heavy (non-hydrogen) atoms. The molecule has 0 spiro atoms. The maximum absolute atomic E-state index is 10.9. The van der Waals surface area contributed by atoms with Gasteiger partial charge in [0.1, 0.15) is 0 Å².